The third-order valence-corrected chi connectivity index (χ3v) is 5.38. The van der Waals surface area contributed by atoms with Crippen LogP contribution in [0.1, 0.15) is 62.5 Å². The molecular formula is C26H29F4N3O5. The molecule has 206 valence electrons. The summed E-state index contributed by atoms with van der Waals surface area (Å²) in [7, 11) is 1.40. The number of carbonyl (C=O) groups excluding carboxylic acids is 1. The highest BCUT2D eigenvalue weighted by Gasteiger charge is 2.39. The Morgan fingerprint density at radius 1 is 1.08 bits per heavy atom. The van der Waals surface area contributed by atoms with Gasteiger partial charge in [-0.1, -0.05) is 30.3 Å². The normalized spacial score (nSPS) is 13.7. The summed E-state index contributed by atoms with van der Waals surface area (Å²) in [6, 6.07) is 10.7. The molecule has 0 aliphatic carbocycles. The zero-order valence-corrected chi connectivity index (χ0v) is 21.8. The molecule has 0 aliphatic heterocycles. The fourth-order valence-electron chi connectivity index (χ4n) is 3.39. The number of esters is 1. The second kappa shape index (κ2) is 11.0. The molecule has 0 N–H and O–H groups in total. The average Bonchev–Trinajstić information content (AvgIpc) is 3.11. The number of alkyl halides is 3. The first kappa shape index (κ1) is 28.9. The van der Waals surface area contributed by atoms with Crippen LogP contribution in [-0.4, -0.2) is 38.2 Å². The molecule has 8 nitrogen and oxygen atoms in total. The third-order valence-electron chi connectivity index (χ3n) is 5.38. The van der Waals surface area contributed by atoms with Crippen LogP contribution >= 0.6 is 0 Å². The van der Waals surface area contributed by atoms with Crippen LogP contribution in [0.15, 0.2) is 47.3 Å². The molecule has 1 heterocycles. The number of nitrogens with zero attached hydrogens (tertiary/aromatic N) is 3. The van der Waals surface area contributed by atoms with Crippen LogP contribution in [0, 0.1) is 5.82 Å². The van der Waals surface area contributed by atoms with Crippen molar-refractivity contribution in [2.75, 3.05) is 0 Å². The van der Waals surface area contributed by atoms with Crippen LogP contribution in [-0.2, 0) is 23.1 Å². The lowest BCUT2D eigenvalue weighted by Crippen LogP contribution is -2.32. The number of rotatable bonds is 8. The first-order valence-corrected chi connectivity index (χ1v) is 11.7. The molecule has 0 saturated heterocycles. The van der Waals surface area contributed by atoms with Gasteiger partial charge in [-0.2, -0.15) is 17.9 Å². The van der Waals surface area contributed by atoms with Gasteiger partial charge in [0, 0.05) is 13.1 Å². The van der Waals surface area contributed by atoms with E-state index in [0.29, 0.717) is 10.7 Å². The fourth-order valence-corrected chi connectivity index (χ4v) is 3.39. The molecule has 0 aliphatic rings. The van der Waals surface area contributed by atoms with Gasteiger partial charge in [0.2, 0.25) is 0 Å². The summed E-state index contributed by atoms with van der Waals surface area (Å²) in [4.78, 5) is 25.6. The van der Waals surface area contributed by atoms with Crippen molar-refractivity contribution in [2.24, 2.45) is 7.05 Å². The molecule has 0 radical (unpaired) electrons. The van der Waals surface area contributed by atoms with E-state index in [2.05, 4.69) is 5.10 Å². The van der Waals surface area contributed by atoms with Gasteiger partial charge in [-0.15, -0.1) is 5.10 Å². The lowest BCUT2D eigenvalue weighted by Gasteiger charge is -2.23. The Morgan fingerprint density at radius 2 is 1.71 bits per heavy atom. The van der Waals surface area contributed by atoms with E-state index in [-0.39, 0.29) is 12.4 Å². The van der Waals surface area contributed by atoms with Gasteiger partial charge < -0.3 is 14.2 Å². The lowest BCUT2D eigenvalue weighted by molar-refractivity contribution is -0.189. The minimum Gasteiger partial charge on any atom is -0.480 e. The van der Waals surface area contributed by atoms with Crippen LogP contribution in [0.2, 0.25) is 0 Å². The van der Waals surface area contributed by atoms with Crippen molar-refractivity contribution in [2.45, 2.75) is 65.2 Å². The van der Waals surface area contributed by atoms with E-state index in [4.69, 9.17) is 14.2 Å². The summed E-state index contributed by atoms with van der Waals surface area (Å²) in [5.74, 6) is -2.66. The molecule has 38 heavy (non-hydrogen) atoms. The minimum absolute atomic E-state index is 0.146. The molecular weight excluding hydrogens is 510 g/mol. The molecule has 0 amide bonds. The standard InChI is InChI=1S/C26H29F4N3O5/c1-15(36-14-17-10-8-7-9-11-17)22-31-33(24(35)32(22)6)20-13-21(37-16(2)26(28,29)30)18(12-19(20)27)23(34)38-25(3,4)5/h7-13,15-16H,14H2,1-6H3/t15-,16-/m0/s1. The van der Waals surface area contributed by atoms with Crippen LogP contribution in [0.3, 0.4) is 0 Å². The largest absolute Gasteiger partial charge is 0.480 e. The molecule has 3 rings (SSSR count). The molecule has 0 unspecified atom stereocenters. The van der Waals surface area contributed by atoms with Crippen LogP contribution in [0.4, 0.5) is 17.6 Å². The molecule has 2 atom stereocenters. The second-order valence-electron chi connectivity index (χ2n) is 9.65. The van der Waals surface area contributed by atoms with Crippen molar-refractivity contribution in [1.82, 2.24) is 14.3 Å². The van der Waals surface area contributed by atoms with E-state index in [1.54, 1.807) is 27.7 Å². The first-order chi connectivity index (χ1) is 17.6. The van der Waals surface area contributed by atoms with Crippen molar-refractivity contribution < 1.29 is 36.6 Å². The van der Waals surface area contributed by atoms with Gasteiger partial charge in [-0.3, -0.25) is 4.57 Å². The molecule has 0 fully saturated rings. The van der Waals surface area contributed by atoms with Crippen molar-refractivity contribution in [3.8, 4) is 11.4 Å². The van der Waals surface area contributed by atoms with Crippen molar-refractivity contribution in [3.63, 3.8) is 0 Å². The summed E-state index contributed by atoms with van der Waals surface area (Å²) in [5, 5.41) is 4.16. The number of benzene rings is 2. The summed E-state index contributed by atoms with van der Waals surface area (Å²) in [5.41, 5.74) is -1.99. The molecule has 3 aromatic rings. The molecule has 1 aromatic heterocycles. The number of carbonyl (C=O) groups is 1. The van der Waals surface area contributed by atoms with Gasteiger partial charge in [0.25, 0.3) is 0 Å². The van der Waals surface area contributed by atoms with Crippen LogP contribution in [0.25, 0.3) is 5.69 Å². The topological polar surface area (TPSA) is 84.6 Å². The Bertz CT molecular complexity index is 1340. The molecule has 0 bridgehead atoms. The highest BCUT2D eigenvalue weighted by atomic mass is 19.4. The Morgan fingerprint density at radius 3 is 2.29 bits per heavy atom. The van der Waals surface area contributed by atoms with Gasteiger partial charge in [0.1, 0.15) is 34.5 Å². The Labute approximate surface area is 216 Å². The zero-order chi connectivity index (χ0) is 28.4. The van der Waals surface area contributed by atoms with Crippen LogP contribution < -0.4 is 10.4 Å². The summed E-state index contributed by atoms with van der Waals surface area (Å²) in [6.45, 7) is 7.24. The van der Waals surface area contributed by atoms with Gasteiger partial charge in [-0.25, -0.2) is 14.0 Å². The second-order valence-corrected chi connectivity index (χ2v) is 9.65. The predicted molar refractivity (Wildman–Crippen MR) is 130 cm³/mol. The quantitative estimate of drug-likeness (QED) is 0.286. The number of hydrogen-bond acceptors (Lipinski definition) is 6. The SMILES string of the molecule is C[C@H](OCc1ccccc1)c1nn(-c2cc(O[C@@H](C)C(F)(F)F)c(C(=O)OC(C)(C)C)cc2F)c(=O)n1C. The molecule has 12 heteroatoms. The Hall–Kier alpha value is -3.67. The number of hydrogen-bond donors (Lipinski definition) is 0. The predicted octanol–water partition coefficient (Wildman–Crippen LogP) is 5.27. The van der Waals surface area contributed by atoms with Crippen molar-refractivity contribution >= 4 is 5.97 Å². The Kier molecular flexibility index (Phi) is 8.35. The maximum Gasteiger partial charge on any atom is 0.425 e. The van der Waals surface area contributed by atoms with Gasteiger partial charge in [0.05, 0.1) is 6.61 Å². The molecule has 0 spiro atoms. The monoisotopic (exact) mass is 539 g/mol. The smallest absolute Gasteiger partial charge is 0.425 e. The van der Waals surface area contributed by atoms with Gasteiger partial charge >= 0.3 is 17.8 Å². The van der Waals surface area contributed by atoms with Gasteiger partial charge in [0.15, 0.2) is 11.9 Å². The Balaban J connectivity index is 2.03. The lowest BCUT2D eigenvalue weighted by atomic mass is 10.1. The molecule has 0 saturated carbocycles. The first-order valence-electron chi connectivity index (χ1n) is 11.7. The third kappa shape index (κ3) is 6.80. The number of ether oxygens (including phenoxy) is 3. The maximum absolute atomic E-state index is 15.2. The van der Waals surface area contributed by atoms with E-state index in [1.807, 2.05) is 30.3 Å². The zero-order valence-electron chi connectivity index (χ0n) is 21.8. The van der Waals surface area contributed by atoms with Crippen molar-refractivity contribution in [3.05, 3.63) is 75.7 Å². The summed E-state index contributed by atoms with van der Waals surface area (Å²) in [6.07, 6.45) is -7.82. The molecule has 2 aromatic carbocycles. The summed E-state index contributed by atoms with van der Waals surface area (Å²) < 4.78 is 72.8. The fraction of sp³-hybridized carbons (Fsp3) is 0.423. The van der Waals surface area contributed by atoms with E-state index in [0.717, 1.165) is 23.1 Å². The summed E-state index contributed by atoms with van der Waals surface area (Å²) >= 11 is 0. The minimum atomic E-state index is -4.78. The van der Waals surface area contributed by atoms with E-state index < -0.39 is 58.5 Å². The number of aromatic nitrogens is 3. The van der Waals surface area contributed by atoms with Gasteiger partial charge in [-0.05, 0) is 46.2 Å². The average molecular weight is 540 g/mol. The van der Waals surface area contributed by atoms with E-state index in [9.17, 15) is 22.8 Å². The van der Waals surface area contributed by atoms with Crippen LogP contribution in [0.5, 0.6) is 5.75 Å². The highest BCUT2D eigenvalue weighted by molar-refractivity contribution is 5.93. The highest BCUT2D eigenvalue weighted by Crippen LogP contribution is 2.31. The maximum atomic E-state index is 15.2. The number of halogens is 4. The van der Waals surface area contributed by atoms with E-state index in [1.165, 1.54) is 7.05 Å². The van der Waals surface area contributed by atoms with E-state index >= 15 is 4.39 Å². The van der Waals surface area contributed by atoms with Crippen molar-refractivity contribution in [1.29, 1.82) is 0 Å².